The second kappa shape index (κ2) is 6.08. The van der Waals surface area contributed by atoms with Gasteiger partial charge >= 0.3 is 0 Å². The van der Waals surface area contributed by atoms with Gasteiger partial charge in [0.05, 0.1) is 23.3 Å². The van der Waals surface area contributed by atoms with Crippen LogP contribution in [0.4, 0.5) is 0 Å². The molecule has 0 atom stereocenters. The zero-order valence-electron chi connectivity index (χ0n) is 13.3. The number of hydrogen-bond acceptors (Lipinski definition) is 3. The smallest absolute Gasteiger partial charge is 0.259 e. The lowest BCUT2D eigenvalue weighted by Gasteiger charge is -2.04. The van der Waals surface area contributed by atoms with Crippen molar-refractivity contribution in [2.75, 3.05) is 0 Å². The van der Waals surface area contributed by atoms with E-state index in [0.29, 0.717) is 11.3 Å². The summed E-state index contributed by atoms with van der Waals surface area (Å²) in [5, 5.41) is 5.00. The summed E-state index contributed by atoms with van der Waals surface area (Å²) in [4.78, 5) is 19.3. The van der Waals surface area contributed by atoms with Crippen molar-refractivity contribution in [3.63, 3.8) is 0 Å². The average Bonchev–Trinajstić information content (AvgIpc) is 2.84. The van der Waals surface area contributed by atoms with Crippen LogP contribution in [-0.4, -0.2) is 19.6 Å². The molecule has 0 saturated carbocycles. The minimum Gasteiger partial charge on any atom is -0.306 e. The highest BCUT2D eigenvalue weighted by molar-refractivity contribution is 5.80. The van der Waals surface area contributed by atoms with Gasteiger partial charge in [-0.15, -0.1) is 0 Å². The molecule has 0 aromatic carbocycles. The molecule has 0 aliphatic heterocycles. The summed E-state index contributed by atoms with van der Waals surface area (Å²) in [6.07, 6.45) is 4.42. The minimum atomic E-state index is -0.0847. The maximum absolute atomic E-state index is 12.2. The number of pyridine rings is 1. The average molecular weight is 286 g/mol. The highest BCUT2D eigenvalue weighted by Crippen LogP contribution is 2.16. The molecular weight excluding hydrogens is 264 g/mol. The number of aromatic amines is 1. The zero-order chi connectivity index (χ0) is 15.6. The zero-order valence-corrected chi connectivity index (χ0v) is 13.3. The lowest BCUT2D eigenvalue weighted by Crippen LogP contribution is -2.11. The molecule has 0 bridgehead atoms. The fraction of sp³-hybridized carbons (Fsp3) is 0.438. The van der Waals surface area contributed by atoms with Crippen molar-refractivity contribution in [1.82, 2.24) is 19.6 Å². The van der Waals surface area contributed by atoms with E-state index >= 15 is 0 Å². The maximum atomic E-state index is 12.2. The highest BCUT2D eigenvalue weighted by Gasteiger charge is 2.11. The van der Waals surface area contributed by atoms with Gasteiger partial charge in [-0.25, -0.2) is 4.52 Å². The predicted molar refractivity (Wildman–Crippen MR) is 85.7 cm³/mol. The second-order valence-corrected chi connectivity index (χ2v) is 5.33. The SMILES string of the molecule is CC.Cc1cc2c(=O)[nH]c3c(CC(C)C)cnn3c2cn1. The summed E-state index contributed by atoms with van der Waals surface area (Å²) >= 11 is 0. The third-order valence-electron chi connectivity index (χ3n) is 3.20. The molecule has 0 unspecified atom stereocenters. The first-order chi connectivity index (χ1) is 10.1. The Labute approximate surface area is 124 Å². The third-order valence-corrected chi connectivity index (χ3v) is 3.20. The Hall–Kier alpha value is -2.17. The number of hydrogen-bond donors (Lipinski definition) is 1. The summed E-state index contributed by atoms with van der Waals surface area (Å²) < 4.78 is 1.76. The number of aryl methyl sites for hydroxylation is 1. The summed E-state index contributed by atoms with van der Waals surface area (Å²) in [5.41, 5.74) is 3.33. The number of aromatic nitrogens is 4. The summed E-state index contributed by atoms with van der Waals surface area (Å²) in [6, 6.07) is 1.79. The lowest BCUT2D eigenvalue weighted by molar-refractivity contribution is 0.649. The van der Waals surface area contributed by atoms with Gasteiger partial charge in [-0.2, -0.15) is 5.10 Å². The predicted octanol–water partition coefficient (Wildman–Crippen LogP) is 3.10. The Morgan fingerprint density at radius 1 is 1.29 bits per heavy atom. The molecule has 3 rings (SSSR count). The summed E-state index contributed by atoms with van der Waals surface area (Å²) in [5.74, 6) is 0.517. The van der Waals surface area contributed by atoms with Crippen molar-refractivity contribution in [2.24, 2.45) is 5.92 Å². The van der Waals surface area contributed by atoms with Crippen LogP contribution >= 0.6 is 0 Å². The summed E-state index contributed by atoms with van der Waals surface area (Å²) in [6.45, 7) is 10.2. The van der Waals surface area contributed by atoms with E-state index in [9.17, 15) is 4.79 Å². The fourth-order valence-corrected chi connectivity index (χ4v) is 2.37. The van der Waals surface area contributed by atoms with Crippen LogP contribution < -0.4 is 5.56 Å². The first-order valence-electron chi connectivity index (χ1n) is 7.41. The molecular formula is C16H22N4O. The second-order valence-electron chi connectivity index (χ2n) is 5.33. The van der Waals surface area contributed by atoms with E-state index in [1.54, 1.807) is 16.8 Å². The van der Waals surface area contributed by atoms with E-state index < -0.39 is 0 Å². The van der Waals surface area contributed by atoms with Crippen LogP contribution in [-0.2, 0) is 6.42 Å². The fourth-order valence-electron chi connectivity index (χ4n) is 2.37. The molecule has 0 aliphatic carbocycles. The monoisotopic (exact) mass is 286 g/mol. The molecule has 0 fully saturated rings. The molecule has 1 N–H and O–H groups in total. The Morgan fingerprint density at radius 3 is 2.67 bits per heavy atom. The number of nitrogens with zero attached hydrogens (tertiary/aromatic N) is 3. The first kappa shape index (κ1) is 15.2. The van der Waals surface area contributed by atoms with Gasteiger partial charge < -0.3 is 4.98 Å². The van der Waals surface area contributed by atoms with Crippen molar-refractivity contribution in [3.05, 3.63) is 40.1 Å². The van der Waals surface area contributed by atoms with E-state index in [-0.39, 0.29) is 5.56 Å². The van der Waals surface area contributed by atoms with Gasteiger partial charge in [0.2, 0.25) is 0 Å². The van der Waals surface area contributed by atoms with Crippen molar-refractivity contribution in [3.8, 4) is 0 Å². The lowest BCUT2D eigenvalue weighted by atomic mass is 10.1. The normalized spacial score (nSPS) is 11.0. The van der Waals surface area contributed by atoms with Gasteiger partial charge in [-0.3, -0.25) is 9.78 Å². The molecule has 5 heteroatoms. The Kier molecular flexibility index (Phi) is 4.40. The van der Waals surface area contributed by atoms with Crippen molar-refractivity contribution in [2.45, 2.75) is 41.0 Å². The number of nitrogens with one attached hydrogen (secondary N) is 1. The molecule has 21 heavy (non-hydrogen) atoms. The molecule has 0 spiro atoms. The van der Waals surface area contributed by atoms with E-state index in [4.69, 9.17) is 0 Å². The topological polar surface area (TPSA) is 63.0 Å². The minimum absolute atomic E-state index is 0.0847. The number of H-pyrrole nitrogens is 1. The van der Waals surface area contributed by atoms with E-state index in [1.807, 2.05) is 27.0 Å². The van der Waals surface area contributed by atoms with Crippen LogP contribution in [0.3, 0.4) is 0 Å². The van der Waals surface area contributed by atoms with Gasteiger partial charge in [-0.1, -0.05) is 27.7 Å². The quantitative estimate of drug-likeness (QED) is 0.787. The molecule has 112 valence electrons. The van der Waals surface area contributed by atoms with Crippen LogP contribution in [0.1, 0.15) is 39.0 Å². The van der Waals surface area contributed by atoms with Gasteiger partial charge in [0.25, 0.3) is 5.56 Å². The molecule has 5 nitrogen and oxygen atoms in total. The van der Waals surface area contributed by atoms with Crippen LogP contribution in [0.25, 0.3) is 16.6 Å². The van der Waals surface area contributed by atoms with E-state index in [1.165, 1.54) is 0 Å². The van der Waals surface area contributed by atoms with Gasteiger partial charge in [0, 0.05) is 11.3 Å². The molecule has 3 aromatic heterocycles. The maximum Gasteiger partial charge on any atom is 0.259 e. The third kappa shape index (κ3) is 2.82. The molecule has 0 aliphatic rings. The summed E-state index contributed by atoms with van der Waals surface area (Å²) in [7, 11) is 0. The van der Waals surface area contributed by atoms with Gasteiger partial charge in [0.15, 0.2) is 0 Å². The highest BCUT2D eigenvalue weighted by atomic mass is 16.1. The van der Waals surface area contributed by atoms with Crippen molar-refractivity contribution in [1.29, 1.82) is 0 Å². The molecule has 3 aromatic rings. The van der Waals surface area contributed by atoms with Gasteiger partial charge in [0.1, 0.15) is 5.65 Å². The Bertz CT molecular complexity index is 814. The molecule has 0 saturated heterocycles. The van der Waals surface area contributed by atoms with Crippen LogP contribution in [0.2, 0.25) is 0 Å². The molecule has 3 heterocycles. The van der Waals surface area contributed by atoms with Crippen molar-refractivity contribution < 1.29 is 0 Å². The van der Waals surface area contributed by atoms with Crippen molar-refractivity contribution >= 4 is 16.6 Å². The van der Waals surface area contributed by atoms with Crippen LogP contribution in [0.5, 0.6) is 0 Å². The standard InChI is InChI=1S/C14H16N4O.C2H6/c1-8(2)4-10-6-16-18-12-7-15-9(3)5-11(12)14(19)17-13(10)18;1-2/h5-8H,4H2,1-3H3,(H,17,19);1-2H3. The van der Waals surface area contributed by atoms with Crippen LogP contribution in [0.15, 0.2) is 23.3 Å². The Morgan fingerprint density at radius 2 is 2.00 bits per heavy atom. The Balaban J connectivity index is 0.000000774. The molecule has 0 amide bonds. The van der Waals surface area contributed by atoms with E-state index in [2.05, 4.69) is 28.9 Å². The number of fused-ring (bicyclic) bond motifs is 3. The van der Waals surface area contributed by atoms with E-state index in [0.717, 1.165) is 28.8 Å². The van der Waals surface area contributed by atoms with Gasteiger partial charge in [-0.05, 0) is 25.3 Å². The number of rotatable bonds is 2. The largest absolute Gasteiger partial charge is 0.306 e. The van der Waals surface area contributed by atoms with Crippen LogP contribution in [0, 0.1) is 12.8 Å². The first-order valence-corrected chi connectivity index (χ1v) is 7.41. The molecule has 0 radical (unpaired) electrons.